The number of benzene rings is 1. The Labute approximate surface area is 110 Å². The minimum atomic E-state index is -3.09. The Kier molecular flexibility index (Phi) is 2.87. The van der Waals surface area contributed by atoms with E-state index in [-0.39, 0.29) is 11.8 Å². The van der Waals surface area contributed by atoms with Crippen molar-refractivity contribution >= 4 is 26.9 Å². The van der Waals surface area contributed by atoms with E-state index in [9.17, 15) is 8.42 Å². The van der Waals surface area contributed by atoms with Gasteiger partial charge in [0, 0.05) is 11.1 Å². The molecule has 0 amide bonds. The second kappa shape index (κ2) is 4.40. The molecule has 0 fully saturated rings. The third-order valence-corrected chi connectivity index (χ3v) is 5.67. The fourth-order valence-electron chi connectivity index (χ4n) is 2.29. The maximum Gasteiger partial charge on any atom is 0.178 e. The Balaban J connectivity index is 2.00. The van der Waals surface area contributed by atoms with E-state index in [2.05, 4.69) is 5.32 Å². The maximum atomic E-state index is 12.0. The van der Waals surface area contributed by atoms with Crippen LogP contribution in [-0.4, -0.2) is 14.2 Å². The summed E-state index contributed by atoms with van der Waals surface area (Å²) < 4.78 is 24.0. The summed E-state index contributed by atoms with van der Waals surface area (Å²) in [7, 11) is -3.09. The average Bonchev–Trinajstić information content (AvgIpc) is 2.86. The van der Waals surface area contributed by atoms with Crippen molar-refractivity contribution in [1.29, 1.82) is 0 Å². The van der Waals surface area contributed by atoms with Crippen LogP contribution in [0.4, 0.5) is 5.69 Å². The van der Waals surface area contributed by atoms with Crippen LogP contribution in [0.2, 0.25) is 0 Å². The van der Waals surface area contributed by atoms with Gasteiger partial charge in [-0.25, -0.2) is 8.42 Å². The van der Waals surface area contributed by atoms with E-state index < -0.39 is 9.84 Å². The fourth-order valence-corrected chi connectivity index (χ4v) is 4.51. The lowest BCUT2D eigenvalue weighted by molar-refractivity contribution is 0.576. The van der Waals surface area contributed by atoms with Gasteiger partial charge in [-0.05, 0) is 29.5 Å². The quantitative estimate of drug-likeness (QED) is 0.919. The first-order valence-electron chi connectivity index (χ1n) is 5.77. The molecule has 1 aromatic carbocycles. The molecule has 0 radical (unpaired) electrons. The first-order valence-corrected chi connectivity index (χ1v) is 8.37. The molecule has 3 nitrogen and oxygen atoms in total. The largest absolute Gasteiger partial charge is 0.377 e. The first kappa shape index (κ1) is 11.7. The van der Waals surface area contributed by atoms with Crippen LogP contribution in [-0.2, 0) is 9.84 Å². The standard InChI is InChI=1S/C13H13NO2S2/c15-18(16)8-6-12(14-10-5-7-17-9-10)11-3-1-2-4-13(11)18/h1-5,7,9,12,14H,6,8H2. The molecular formula is C13H13NO2S2. The SMILES string of the molecule is O=S1(=O)CCC(Nc2ccsc2)c2ccccc21. The monoisotopic (exact) mass is 279 g/mol. The van der Waals surface area contributed by atoms with E-state index in [4.69, 9.17) is 0 Å². The molecule has 1 atom stereocenters. The summed E-state index contributed by atoms with van der Waals surface area (Å²) in [4.78, 5) is 0.476. The molecule has 0 bridgehead atoms. The number of anilines is 1. The van der Waals surface area contributed by atoms with Crippen molar-refractivity contribution in [2.45, 2.75) is 17.4 Å². The van der Waals surface area contributed by atoms with Gasteiger partial charge in [0.05, 0.1) is 16.7 Å². The van der Waals surface area contributed by atoms with Crippen LogP contribution in [0, 0.1) is 0 Å². The molecule has 0 spiro atoms. The normalized spacial score (nSPS) is 21.2. The summed E-state index contributed by atoms with van der Waals surface area (Å²) in [5.74, 6) is 0.214. The molecule has 0 aliphatic carbocycles. The highest BCUT2D eigenvalue weighted by Crippen LogP contribution is 2.34. The minimum absolute atomic E-state index is 0.0827. The van der Waals surface area contributed by atoms with E-state index in [1.807, 2.05) is 29.0 Å². The van der Waals surface area contributed by atoms with Crippen LogP contribution in [0.5, 0.6) is 0 Å². The van der Waals surface area contributed by atoms with E-state index in [0.717, 1.165) is 11.3 Å². The zero-order valence-electron chi connectivity index (χ0n) is 9.67. The molecular weight excluding hydrogens is 266 g/mol. The van der Waals surface area contributed by atoms with Gasteiger partial charge < -0.3 is 5.32 Å². The van der Waals surface area contributed by atoms with Gasteiger partial charge in [0.15, 0.2) is 9.84 Å². The molecule has 94 valence electrons. The Hall–Kier alpha value is -1.33. The first-order chi connectivity index (χ1) is 8.67. The lowest BCUT2D eigenvalue weighted by Gasteiger charge is -2.26. The zero-order chi connectivity index (χ0) is 12.6. The second-order valence-electron chi connectivity index (χ2n) is 4.35. The topological polar surface area (TPSA) is 46.2 Å². The van der Waals surface area contributed by atoms with E-state index in [0.29, 0.717) is 11.3 Å². The molecule has 0 saturated carbocycles. The van der Waals surface area contributed by atoms with Gasteiger partial charge in [-0.15, -0.1) is 0 Å². The summed E-state index contributed by atoms with van der Waals surface area (Å²) >= 11 is 1.63. The lowest BCUT2D eigenvalue weighted by Crippen LogP contribution is -2.24. The third-order valence-electron chi connectivity index (χ3n) is 3.17. The number of sulfone groups is 1. The van der Waals surface area contributed by atoms with Gasteiger partial charge in [0.2, 0.25) is 0 Å². The Morgan fingerprint density at radius 1 is 1.22 bits per heavy atom. The summed E-state index contributed by atoms with van der Waals surface area (Å²) in [6.07, 6.45) is 0.620. The second-order valence-corrected chi connectivity index (χ2v) is 7.21. The molecule has 2 aromatic rings. The van der Waals surface area contributed by atoms with E-state index >= 15 is 0 Å². The molecule has 1 aliphatic heterocycles. The third kappa shape index (κ3) is 2.04. The molecule has 18 heavy (non-hydrogen) atoms. The molecule has 3 rings (SSSR count). The van der Waals surface area contributed by atoms with Gasteiger partial charge in [0.25, 0.3) is 0 Å². The van der Waals surface area contributed by atoms with Gasteiger partial charge in [0.1, 0.15) is 0 Å². The maximum absolute atomic E-state index is 12.0. The highest BCUT2D eigenvalue weighted by molar-refractivity contribution is 7.91. The molecule has 2 heterocycles. The van der Waals surface area contributed by atoms with Crippen LogP contribution in [0.1, 0.15) is 18.0 Å². The highest BCUT2D eigenvalue weighted by atomic mass is 32.2. The van der Waals surface area contributed by atoms with Crippen LogP contribution in [0.25, 0.3) is 0 Å². The summed E-state index contributed by atoms with van der Waals surface area (Å²) in [5, 5.41) is 7.44. The highest BCUT2D eigenvalue weighted by Gasteiger charge is 2.29. The van der Waals surface area contributed by atoms with Gasteiger partial charge in [-0.3, -0.25) is 0 Å². The zero-order valence-corrected chi connectivity index (χ0v) is 11.3. The Bertz CT molecular complexity index is 647. The predicted molar refractivity (Wildman–Crippen MR) is 73.8 cm³/mol. The summed E-state index contributed by atoms with van der Waals surface area (Å²) in [6, 6.07) is 9.36. The lowest BCUT2D eigenvalue weighted by atomic mass is 10.0. The molecule has 1 unspecified atom stereocenters. The number of fused-ring (bicyclic) bond motifs is 1. The molecule has 1 aromatic heterocycles. The van der Waals surface area contributed by atoms with Crippen LogP contribution in [0.15, 0.2) is 46.0 Å². The number of hydrogen-bond donors (Lipinski definition) is 1. The van der Waals surface area contributed by atoms with Crippen molar-refractivity contribution in [2.24, 2.45) is 0 Å². The van der Waals surface area contributed by atoms with Crippen molar-refractivity contribution in [3.05, 3.63) is 46.7 Å². The molecule has 1 N–H and O–H groups in total. The summed E-state index contributed by atoms with van der Waals surface area (Å²) in [5.41, 5.74) is 1.94. The van der Waals surface area contributed by atoms with Crippen molar-refractivity contribution < 1.29 is 8.42 Å². The van der Waals surface area contributed by atoms with E-state index in [1.54, 1.807) is 23.5 Å². The average molecular weight is 279 g/mol. The van der Waals surface area contributed by atoms with Crippen LogP contribution in [0.3, 0.4) is 0 Å². The minimum Gasteiger partial charge on any atom is -0.377 e. The number of rotatable bonds is 2. The van der Waals surface area contributed by atoms with E-state index in [1.165, 1.54) is 0 Å². The fraction of sp³-hybridized carbons (Fsp3) is 0.231. The van der Waals surface area contributed by atoms with Crippen molar-refractivity contribution in [3.63, 3.8) is 0 Å². The van der Waals surface area contributed by atoms with Crippen LogP contribution < -0.4 is 5.32 Å². The number of hydrogen-bond acceptors (Lipinski definition) is 4. The number of thiophene rings is 1. The molecule has 5 heteroatoms. The summed E-state index contributed by atoms with van der Waals surface area (Å²) in [6.45, 7) is 0. The van der Waals surface area contributed by atoms with Crippen molar-refractivity contribution in [1.82, 2.24) is 0 Å². The van der Waals surface area contributed by atoms with Crippen LogP contribution >= 0.6 is 11.3 Å². The predicted octanol–water partition coefficient (Wildman–Crippen LogP) is 3.08. The molecule has 1 aliphatic rings. The Morgan fingerprint density at radius 2 is 2.06 bits per heavy atom. The van der Waals surface area contributed by atoms with Crippen molar-refractivity contribution in [2.75, 3.05) is 11.1 Å². The van der Waals surface area contributed by atoms with Crippen molar-refractivity contribution in [3.8, 4) is 0 Å². The smallest absolute Gasteiger partial charge is 0.178 e. The van der Waals surface area contributed by atoms with Gasteiger partial charge in [-0.2, -0.15) is 11.3 Å². The number of nitrogens with one attached hydrogen (secondary N) is 1. The Morgan fingerprint density at radius 3 is 2.83 bits per heavy atom. The van der Waals surface area contributed by atoms with Gasteiger partial charge in [-0.1, -0.05) is 18.2 Å². The van der Waals surface area contributed by atoms with Gasteiger partial charge >= 0.3 is 0 Å². The molecule has 0 saturated heterocycles.